The number of para-hydroxylation sites is 1. The second kappa shape index (κ2) is 4.56. The third-order valence-corrected chi connectivity index (χ3v) is 2.74. The van der Waals surface area contributed by atoms with Gasteiger partial charge in [0, 0.05) is 11.7 Å². The Kier molecular flexibility index (Phi) is 3.13. The number of benzene rings is 1. The molecule has 0 bridgehead atoms. The van der Waals surface area contributed by atoms with E-state index in [0.717, 1.165) is 18.5 Å². The Bertz CT molecular complexity index is 383. The number of carbonyl (C=O) groups excluding carboxylic acids is 1. The van der Waals surface area contributed by atoms with Gasteiger partial charge in [0.15, 0.2) is 0 Å². The molecule has 0 aromatic heterocycles. The van der Waals surface area contributed by atoms with Crippen molar-refractivity contribution in [3.05, 3.63) is 29.8 Å². The molecule has 3 heteroatoms. The highest BCUT2D eigenvalue weighted by molar-refractivity contribution is 5.90. The Hall–Kier alpha value is -1.51. The van der Waals surface area contributed by atoms with E-state index >= 15 is 0 Å². The van der Waals surface area contributed by atoms with Gasteiger partial charge in [-0.3, -0.25) is 0 Å². The first-order valence-corrected chi connectivity index (χ1v) is 5.83. The van der Waals surface area contributed by atoms with Gasteiger partial charge in [-0.25, -0.2) is 4.79 Å². The molecule has 0 aliphatic heterocycles. The summed E-state index contributed by atoms with van der Waals surface area (Å²) in [6, 6.07) is 8.25. The monoisotopic (exact) mass is 218 g/mol. The summed E-state index contributed by atoms with van der Waals surface area (Å²) >= 11 is 0. The molecule has 2 amide bonds. The molecule has 1 aromatic rings. The quantitative estimate of drug-likeness (QED) is 0.804. The lowest BCUT2D eigenvalue weighted by molar-refractivity contribution is 0.251. The Morgan fingerprint density at radius 1 is 1.31 bits per heavy atom. The number of hydrogen-bond acceptors (Lipinski definition) is 1. The summed E-state index contributed by atoms with van der Waals surface area (Å²) in [5.74, 6) is 0.414. The third-order valence-electron chi connectivity index (χ3n) is 2.74. The molecule has 86 valence electrons. The van der Waals surface area contributed by atoms with Crippen LogP contribution in [0.2, 0.25) is 0 Å². The van der Waals surface area contributed by atoms with Crippen LogP contribution in [0.1, 0.15) is 38.2 Å². The number of amides is 2. The first kappa shape index (κ1) is 11.0. The summed E-state index contributed by atoms with van der Waals surface area (Å²) in [5.41, 5.74) is 2.09. The van der Waals surface area contributed by atoms with Crippen molar-refractivity contribution in [3.8, 4) is 0 Å². The average Bonchev–Trinajstić information content (AvgIpc) is 3.02. The number of rotatable bonds is 3. The molecule has 0 spiro atoms. The fourth-order valence-electron chi connectivity index (χ4n) is 1.69. The predicted molar refractivity (Wildman–Crippen MR) is 65.7 cm³/mol. The van der Waals surface area contributed by atoms with Gasteiger partial charge in [-0.1, -0.05) is 32.0 Å². The zero-order valence-corrected chi connectivity index (χ0v) is 9.79. The van der Waals surface area contributed by atoms with E-state index < -0.39 is 0 Å². The maximum atomic E-state index is 11.6. The maximum absolute atomic E-state index is 11.6. The molecular weight excluding hydrogens is 200 g/mol. The topological polar surface area (TPSA) is 41.1 Å². The summed E-state index contributed by atoms with van der Waals surface area (Å²) in [4.78, 5) is 11.6. The summed E-state index contributed by atoms with van der Waals surface area (Å²) in [6.07, 6.45) is 2.22. The molecule has 0 radical (unpaired) electrons. The highest BCUT2D eigenvalue weighted by Crippen LogP contribution is 2.24. The number of nitrogens with one attached hydrogen (secondary N) is 2. The van der Waals surface area contributed by atoms with Crippen molar-refractivity contribution in [2.24, 2.45) is 0 Å². The van der Waals surface area contributed by atoms with E-state index in [9.17, 15) is 4.79 Å². The average molecular weight is 218 g/mol. The van der Waals surface area contributed by atoms with Gasteiger partial charge in [0.05, 0.1) is 0 Å². The lowest BCUT2D eigenvalue weighted by Crippen LogP contribution is -2.30. The molecule has 16 heavy (non-hydrogen) atoms. The summed E-state index contributed by atoms with van der Waals surface area (Å²) < 4.78 is 0. The van der Waals surface area contributed by atoms with Gasteiger partial charge in [-0.15, -0.1) is 0 Å². The molecule has 2 rings (SSSR count). The lowest BCUT2D eigenvalue weighted by Gasteiger charge is -2.13. The SMILES string of the molecule is CC(C)c1ccccc1NC(=O)NC1CC1. The van der Waals surface area contributed by atoms with Gasteiger partial charge in [0.2, 0.25) is 0 Å². The standard InChI is InChI=1S/C13H18N2O/c1-9(2)11-5-3-4-6-12(11)15-13(16)14-10-7-8-10/h3-6,9-10H,7-8H2,1-2H3,(H2,14,15,16). The molecule has 0 saturated heterocycles. The molecule has 0 unspecified atom stereocenters. The molecule has 1 saturated carbocycles. The van der Waals surface area contributed by atoms with Gasteiger partial charge in [0.1, 0.15) is 0 Å². The number of carbonyl (C=O) groups is 1. The minimum atomic E-state index is -0.0874. The summed E-state index contributed by atoms with van der Waals surface area (Å²) in [6.45, 7) is 4.25. The van der Waals surface area contributed by atoms with Gasteiger partial charge < -0.3 is 10.6 Å². The van der Waals surface area contributed by atoms with E-state index in [1.54, 1.807) is 0 Å². The Morgan fingerprint density at radius 2 is 2.00 bits per heavy atom. The van der Waals surface area contributed by atoms with Crippen molar-refractivity contribution >= 4 is 11.7 Å². The second-order valence-corrected chi connectivity index (χ2v) is 4.61. The fraction of sp³-hybridized carbons (Fsp3) is 0.462. The van der Waals surface area contributed by atoms with Crippen LogP contribution in [0, 0.1) is 0 Å². The van der Waals surface area contributed by atoms with Gasteiger partial charge in [-0.2, -0.15) is 0 Å². The van der Waals surface area contributed by atoms with Crippen molar-refractivity contribution in [2.75, 3.05) is 5.32 Å². The molecular formula is C13H18N2O. The normalized spacial score (nSPS) is 14.9. The van der Waals surface area contributed by atoms with Crippen LogP contribution in [0.3, 0.4) is 0 Å². The zero-order chi connectivity index (χ0) is 11.5. The Balaban J connectivity index is 2.04. The smallest absolute Gasteiger partial charge is 0.319 e. The van der Waals surface area contributed by atoms with Gasteiger partial charge in [0.25, 0.3) is 0 Å². The molecule has 1 aromatic carbocycles. The van der Waals surface area contributed by atoms with Crippen LogP contribution in [0.15, 0.2) is 24.3 Å². The Labute approximate surface area is 96.2 Å². The van der Waals surface area contributed by atoms with Crippen LogP contribution in [0.5, 0.6) is 0 Å². The highest BCUT2D eigenvalue weighted by Gasteiger charge is 2.23. The summed E-state index contributed by atoms with van der Waals surface area (Å²) in [5, 5.41) is 5.83. The van der Waals surface area contributed by atoms with Crippen LogP contribution >= 0.6 is 0 Å². The molecule has 1 aliphatic rings. The van der Waals surface area contributed by atoms with E-state index in [4.69, 9.17) is 0 Å². The number of anilines is 1. The summed E-state index contributed by atoms with van der Waals surface area (Å²) in [7, 11) is 0. The Morgan fingerprint density at radius 3 is 2.62 bits per heavy atom. The van der Waals surface area contributed by atoms with Crippen molar-refractivity contribution < 1.29 is 4.79 Å². The third kappa shape index (κ3) is 2.75. The first-order chi connectivity index (χ1) is 7.66. The number of hydrogen-bond donors (Lipinski definition) is 2. The van der Waals surface area contributed by atoms with Crippen LogP contribution < -0.4 is 10.6 Å². The number of urea groups is 1. The second-order valence-electron chi connectivity index (χ2n) is 4.61. The van der Waals surface area contributed by atoms with E-state index in [-0.39, 0.29) is 6.03 Å². The van der Waals surface area contributed by atoms with E-state index in [1.807, 2.05) is 18.2 Å². The molecule has 0 atom stereocenters. The van der Waals surface area contributed by atoms with Crippen molar-refractivity contribution in [1.82, 2.24) is 5.32 Å². The maximum Gasteiger partial charge on any atom is 0.319 e. The van der Waals surface area contributed by atoms with Crippen LogP contribution in [0.25, 0.3) is 0 Å². The fourth-order valence-corrected chi connectivity index (χ4v) is 1.69. The molecule has 2 N–H and O–H groups in total. The van der Waals surface area contributed by atoms with E-state index in [0.29, 0.717) is 12.0 Å². The van der Waals surface area contributed by atoms with Gasteiger partial charge in [-0.05, 0) is 30.4 Å². The predicted octanol–water partition coefficient (Wildman–Crippen LogP) is 3.09. The first-order valence-electron chi connectivity index (χ1n) is 5.83. The highest BCUT2D eigenvalue weighted by atomic mass is 16.2. The molecule has 1 aliphatic carbocycles. The van der Waals surface area contributed by atoms with Crippen molar-refractivity contribution in [1.29, 1.82) is 0 Å². The van der Waals surface area contributed by atoms with Crippen molar-refractivity contribution in [2.45, 2.75) is 38.6 Å². The van der Waals surface area contributed by atoms with E-state index in [1.165, 1.54) is 5.56 Å². The minimum absolute atomic E-state index is 0.0874. The minimum Gasteiger partial charge on any atom is -0.335 e. The van der Waals surface area contributed by atoms with Gasteiger partial charge >= 0.3 is 6.03 Å². The lowest BCUT2D eigenvalue weighted by atomic mass is 10.0. The molecule has 0 heterocycles. The molecule has 3 nitrogen and oxygen atoms in total. The van der Waals surface area contributed by atoms with Crippen molar-refractivity contribution in [3.63, 3.8) is 0 Å². The van der Waals surface area contributed by atoms with Crippen LogP contribution in [-0.4, -0.2) is 12.1 Å². The molecule has 1 fully saturated rings. The largest absolute Gasteiger partial charge is 0.335 e. The zero-order valence-electron chi connectivity index (χ0n) is 9.79. The van der Waals surface area contributed by atoms with Crippen LogP contribution in [-0.2, 0) is 0 Å². The van der Waals surface area contributed by atoms with E-state index in [2.05, 4.69) is 30.5 Å². The van der Waals surface area contributed by atoms with Crippen LogP contribution in [0.4, 0.5) is 10.5 Å².